The molecule has 1 aliphatic carbocycles. The Morgan fingerprint density at radius 3 is 2.71 bits per heavy atom. The standard InChI is InChI=1S/C14H19N3/c1-9-3-5-11(6-4-9)13-16-12-10(2)7-8-15-14(12)17-13/h7-9,11H,3-6H2,1-2H3,(H,15,16,17). The van der Waals surface area contributed by atoms with Crippen molar-refractivity contribution in [2.75, 3.05) is 0 Å². The summed E-state index contributed by atoms with van der Waals surface area (Å²) in [6.07, 6.45) is 7.02. The molecule has 3 nitrogen and oxygen atoms in total. The van der Waals surface area contributed by atoms with Crippen LogP contribution in [0, 0.1) is 12.8 Å². The van der Waals surface area contributed by atoms with Gasteiger partial charge < -0.3 is 4.98 Å². The summed E-state index contributed by atoms with van der Waals surface area (Å²) in [5.74, 6) is 2.64. The first-order chi connectivity index (χ1) is 8.24. The zero-order chi connectivity index (χ0) is 11.8. The highest BCUT2D eigenvalue weighted by Gasteiger charge is 2.22. The van der Waals surface area contributed by atoms with E-state index in [0.717, 1.165) is 22.9 Å². The van der Waals surface area contributed by atoms with E-state index in [4.69, 9.17) is 0 Å². The van der Waals surface area contributed by atoms with Crippen molar-refractivity contribution < 1.29 is 0 Å². The van der Waals surface area contributed by atoms with Crippen molar-refractivity contribution >= 4 is 11.2 Å². The SMILES string of the molecule is Cc1ccnc2nc(C3CCC(C)CC3)[nH]c12. The Bertz CT molecular complexity index is 521. The summed E-state index contributed by atoms with van der Waals surface area (Å²) in [5.41, 5.74) is 3.22. The number of hydrogen-bond donors (Lipinski definition) is 1. The van der Waals surface area contributed by atoms with Crippen LogP contribution in [-0.4, -0.2) is 15.0 Å². The lowest BCUT2D eigenvalue weighted by Crippen LogP contribution is -2.11. The van der Waals surface area contributed by atoms with Crippen molar-refractivity contribution in [2.45, 2.75) is 45.4 Å². The van der Waals surface area contributed by atoms with Gasteiger partial charge in [0.25, 0.3) is 0 Å². The summed E-state index contributed by atoms with van der Waals surface area (Å²) < 4.78 is 0. The molecule has 1 fully saturated rings. The molecule has 0 bridgehead atoms. The molecule has 17 heavy (non-hydrogen) atoms. The molecule has 2 aromatic rings. The van der Waals surface area contributed by atoms with Crippen LogP contribution in [0.15, 0.2) is 12.3 Å². The normalized spacial score (nSPS) is 25.3. The summed E-state index contributed by atoms with van der Waals surface area (Å²) in [6.45, 7) is 4.45. The molecular weight excluding hydrogens is 210 g/mol. The fraction of sp³-hybridized carbons (Fsp3) is 0.571. The maximum atomic E-state index is 4.66. The summed E-state index contributed by atoms with van der Waals surface area (Å²) in [6, 6.07) is 2.03. The van der Waals surface area contributed by atoms with Crippen LogP contribution in [0.3, 0.4) is 0 Å². The van der Waals surface area contributed by atoms with Crippen molar-refractivity contribution in [3.05, 3.63) is 23.7 Å². The largest absolute Gasteiger partial charge is 0.340 e. The number of imidazole rings is 1. The number of aromatic amines is 1. The number of aryl methyl sites for hydroxylation is 1. The van der Waals surface area contributed by atoms with Crippen molar-refractivity contribution in [3.63, 3.8) is 0 Å². The van der Waals surface area contributed by atoms with Crippen LogP contribution in [-0.2, 0) is 0 Å². The fourth-order valence-corrected chi connectivity index (χ4v) is 2.78. The number of aromatic nitrogens is 3. The smallest absolute Gasteiger partial charge is 0.177 e. The van der Waals surface area contributed by atoms with Gasteiger partial charge in [-0.05, 0) is 37.3 Å². The molecule has 0 aliphatic heterocycles. The van der Waals surface area contributed by atoms with E-state index < -0.39 is 0 Å². The van der Waals surface area contributed by atoms with Gasteiger partial charge in [0.05, 0.1) is 5.52 Å². The number of hydrogen-bond acceptors (Lipinski definition) is 2. The molecule has 0 aromatic carbocycles. The number of fused-ring (bicyclic) bond motifs is 1. The molecule has 0 unspecified atom stereocenters. The van der Waals surface area contributed by atoms with Gasteiger partial charge in [-0.3, -0.25) is 0 Å². The van der Waals surface area contributed by atoms with Crippen LogP contribution >= 0.6 is 0 Å². The van der Waals surface area contributed by atoms with Crippen LogP contribution < -0.4 is 0 Å². The highest BCUT2D eigenvalue weighted by Crippen LogP contribution is 2.34. The number of pyridine rings is 1. The van der Waals surface area contributed by atoms with Crippen molar-refractivity contribution in [3.8, 4) is 0 Å². The Kier molecular flexibility index (Phi) is 2.61. The lowest BCUT2D eigenvalue weighted by Gasteiger charge is -2.24. The Balaban J connectivity index is 1.93. The van der Waals surface area contributed by atoms with E-state index in [9.17, 15) is 0 Å². The highest BCUT2D eigenvalue weighted by atomic mass is 15.0. The predicted molar refractivity (Wildman–Crippen MR) is 69.0 cm³/mol. The number of nitrogens with one attached hydrogen (secondary N) is 1. The molecule has 0 atom stereocenters. The zero-order valence-electron chi connectivity index (χ0n) is 10.5. The minimum Gasteiger partial charge on any atom is -0.340 e. The summed E-state index contributed by atoms with van der Waals surface area (Å²) in [4.78, 5) is 12.5. The second-order valence-corrected chi connectivity index (χ2v) is 5.41. The maximum Gasteiger partial charge on any atom is 0.177 e. The van der Waals surface area contributed by atoms with E-state index in [2.05, 4.69) is 28.8 Å². The van der Waals surface area contributed by atoms with Crippen LogP contribution in [0.5, 0.6) is 0 Å². The van der Waals surface area contributed by atoms with Gasteiger partial charge in [0.2, 0.25) is 0 Å². The Morgan fingerprint density at radius 2 is 2.00 bits per heavy atom. The predicted octanol–water partition coefficient (Wildman–Crippen LogP) is 3.56. The Morgan fingerprint density at radius 1 is 1.24 bits per heavy atom. The average molecular weight is 229 g/mol. The molecule has 2 aromatic heterocycles. The molecular formula is C14H19N3. The third-order valence-corrected chi connectivity index (χ3v) is 4.02. The second-order valence-electron chi connectivity index (χ2n) is 5.41. The van der Waals surface area contributed by atoms with E-state index in [1.807, 2.05) is 12.3 Å². The molecule has 2 heterocycles. The molecule has 0 amide bonds. The van der Waals surface area contributed by atoms with E-state index in [1.54, 1.807) is 0 Å². The number of rotatable bonds is 1. The molecule has 1 saturated carbocycles. The lowest BCUT2D eigenvalue weighted by atomic mass is 9.83. The van der Waals surface area contributed by atoms with Crippen molar-refractivity contribution in [2.24, 2.45) is 5.92 Å². The Hall–Kier alpha value is -1.38. The zero-order valence-corrected chi connectivity index (χ0v) is 10.5. The fourth-order valence-electron chi connectivity index (χ4n) is 2.78. The van der Waals surface area contributed by atoms with Crippen LogP contribution in [0.1, 0.15) is 49.9 Å². The Labute approximate surface area is 102 Å². The van der Waals surface area contributed by atoms with Crippen LogP contribution in [0.4, 0.5) is 0 Å². The molecule has 3 heteroatoms. The van der Waals surface area contributed by atoms with E-state index in [0.29, 0.717) is 5.92 Å². The first-order valence-electron chi connectivity index (χ1n) is 6.55. The lowest BCUT2D eigenvalue weighted by molar-refractivity contribution is 0.341. The van der Waals surface area contributed by atoms with Gasteiger partial charge in [-0.15, -0.1) is 0 Å². The minimum atomic E-state index is 0.611. The molecule has 90 valence electrons. The first-order valence-corrected chi connectivity index (χ1v) is 6.55. The van der Waals surface area contributed by atoms with Gasteiger partial charge in [0, 0.05) is 12.1 Å². The maximum absolute atomic E-state index is 4.66. The van der Waals surface area contributed by atoms with Gasteiger partial charge in [-0.25, -0.2) is 9.97 Å². The minimum absolute atomic E-state index is 0.611. The number of nitrogens with zero attached hydrogens (tertiary/aromatic N) is 2. The van der Waals surface area contributed by atoms with E-state index >= 15 is 0 Å². The molecule has 0 saturated heterocycles. The molecule has 1 aliphatic rings. The van der Waals surface area contributed by atoms with E-state index in [1.165, 1.54) is 31.2 Å². The monoisotopic (exact) mass is 229 g/mol. The van der Waals surface area contributed by atoms with Gasteiger partial charge in [0.1, 0.15) is 5.82 Å². The van der Waals surface area contributed by atoms with Gasteiger partial charge in [-0.1, -0.05) is 19.8 Å². The molecule has 0 spiro atoms. The quantitative estimate of drug-likeness (QED) is 0.812. The van der Waals surface area contributed by atoms with Gasteiger partial charge >= 0.3 is 0 Å². The highest BCUT2D eigenvalue weighted by molar-refractivity contribution is 5.74. The summed E-state index contributed by atoms with van der Waals surface area (Å²) in [7, 11) is 0. The topological polar surface area (TPSA) is 41.6 Å². The molecule has 1 N–H and O–H groups in total. The second kappa shape index (κ2) is 4.13. The summed E-state index contributed by atoms with van der Waals surface area (Å²) in [5, 5.41) is 0. The number of H-pyrrole nitrogens is 1. The van der Waals surface area contributed by atoms with Crippen molar-refractivity contribution in [1.29, 1.82) is 0 Å². The van der Waals surface area contributed by atoms with E-state index in [-0.39, 0.29) is 0 Å². The summed E-state index contributed by atoms with van der Waals surface area (Å²) >= 11 is 0. The molecule has 0 radical (unpaired) electrons. The van der Waals surface area contributed by atoms with Crippen molar-refractivity contribution in [1.82, 2.24) is 15.0 Å². The van der Waals surface area contributed by atoms with Gasteiger partial charge in [-0.2, -0.15) is 0 Å². The molecule has 3 rings (SSSR count). The van der Waals surface area contributed by atoms with Crippen LogP contribution in [0.25, 0.3) is 11.2 Å². The van der Waals surface area contributed by atoms with Gasteiger partial charge in [0.15, 0.2) is 5.65 Å². The first kappa shape index (κ1) is 10.8. The third-order valence-electron chi connectivity index (χ3n) is 4.02. The van der Waals surface area contributed by atoms with Crippen LogP contribution in [0.2, 0.25) is 0 Å². The average Bonchev–Trinajstić information content (AvgIpc) is 2.75. The third kappa shape index (κ3) is 1.94.